The number of benzene rings is 3. The standard InChI is InChI=1S/C27H26N4O5/c1-4-30-26(33)29-25(31(27(30)34)17-19-7-5-18(2)6-8-19)28-21-11-15-23(16-12-21)36-22-13-9-20(10-14-22)24(32)35-3/h5-16H,4,17H2,1-3H3,(H,28,29,33). The van der Waals surface area contributed by atoms with Crippen LogP contribution in [-0.2, 0) is 17.8 Å². The lowest BCUT2D eigenvalue weighted by atomic mass is 10.1. The summed E-state index contributed by atoms with van der Waals surface area (Å²) < 4.78 is 13.1. The molecule has 0 radical (unpaired) electrons. The number of hydrogen-bond donors (Lipinski definition) is 1. The summed E-state index contributed by atoms with van der Waals surface area (Å²) in [6.07, 6.45) is 0. The summed E-state index contributed by atoms with van der Waals surface area (Å²) in [5, 5.41) is 3.09. The van der Waals surface area contributed by atoms with Crippen molar-refractivity contribution in [1.82, 2.24) is 14.1 Å². The molecule has 0 amide bonds. The van der Waals surface area contributed by atoms with E-state index in [9.17, 15) is 14.4 Å². The lowest BCUT2D eigenvalue weighted by molar-refractivity contribution is 0.0600. The van der Waals surface area contributed by atoms with E-state index < -0.39 is 17.3 Å². The van der Waals surface area contributed by atoms with Crippen LogP contribution in [0.5, 0.6) is 11.5 Å². The molecule has 0 fully saturated rings. The largest absolute Gasteiger partial charge is 0.465 e. The molecule has 0 unspecified atom stereocenters. The summed E-state index contributed by atoms with van der Waals surface area (Å²) in [6, 6.07) is 21.4. The molecule has 0 saturated carbocycles. The van der Waals surface area contributed by atoms with Crippen LogP contribution >= 0.6 is 0 Å². The second-order valence-electron chi connectivity index (χ2n) is 8.08. The third-order valence-corrected chi connectivity index (χ3v) is 5.55. The Morgan fingerprint density at radius 1 is 0.889 bits per heavy atom. The molecule has 0 aliphatic carbocycles. The summed E-state index contributed by atoms with van der Waals surface area (Å²) in [5.41, 5.74) is 2.04. The summed E-state index contributed by atoms with van der Waals surface area (Å²) in [6.45, 7) is 4.21. The molecule has 4 aromatic rings. The highest BCUT2D eigenvalue weighted by atomic mass is 16.5. The molecule has 3 aromatic carbocycles. The van der Waals surface area contributed by atoms with Crippen LogP contribution in [0.15, 0.2) is 82.4 Å². The SMILES string of the molecule is CCn1c(=O)nc(Nc2ccc(Oc3ccc(C(=O)OC)cc3)cc2)n(Cc2ccc(C)cc2)c1=O. The van der Waals surface area contributed by atoms with Gasteiger partial charge in [-0.2, -0.15) is 4.98 Å². The van der Waals surface area contributed by atoms with Crippen molar-refractivity contribution >= 4 is 17.6 Å². The predicted molar refractivity (Wildman–Crippen MR) is 136 cm³/mol. The first-order chi connectivity index (χ1) is 17.4. The third-order valence-electron chi connectivity index (χ3n) is 5.55. The number of nitrogens with zero attached hydrogens (tertiary/aromatic N) is 3. The van der Waals surface area contributed by atoms with Gasteiger partial charge in [0, 0.05) is 12.2 Å². The number of rotatable bonds is 8. The van der Waals surface area contributed by atoms with Crippen LogP contribution in [0.25, 0.3) is 0 Å². The van der Waals surface area contributed by atoms with Gasteiger partial charge in [-0.15, -0.1) is 0 Å². The highest BCUT2D eigenvalue weighted by molar-refractivity contribution is 5.89. The van der Waals surface area contributed by atoms with E-state index in [0.717, 1.165) is 15.7 Å². The second kappa shape index (κ2) is 10.7. The molecular formula is C27H26N4O5. The summed E-state index contributed by atoms with van der Waals surface area (Å²) in [4.78, 5) is 41.2. The third kappa shape index (κ3) is 5.52. The van der Waals surface area contributed by atoms with Crippen molar-refractivity contribution in [3.63, 3.8) is 0 Å². The molecule has 9 heteroatoms. The van der Waals surface area contributed by atoms with Crippen LogP contribution in [0.3, 0.4) is 0 Å². The molecule has 0 atom stereocenters. The fourth-order valence-corrected chi connectivity index (χ4v) is 3.56. The average molecular weight is 487 g/mol. The zero-order valence-corrected chi connectivity index (χ0v) is 20.2. The van der Waals surface area contributed by atoms with E-state index in [0.29, 0.717) is 22.7 Å². The number of aryl methyl sites for hydroxylation is 1. The Morgan fingerprint density at radius 3 is 2.08 bits per heavy atom. The van der Waals surface area contributed by atoms with E-state index in [1.807, 2.05) is 31.2 Å². The monoisotopic (exact) mass is 486 g/mol. The van der Waals surface area contributed by atoms with E-state index >= 15 is 0 Å². The van der Waals surface area contributed by atoms with Crippen LogP contribution in [0.4, 0.5) is 11.6 Å². The van der Waals surface area contributed by atoms with Gasteiger partial charge in [-0.25, -0.2) is 19.0 Å². The molecule has 184 valence electrons. The number of nitrogens with one attached hydrogen (secondary N) is 1. The van der Waals surface area contributed by atoms with Gasteiger partial charge in [-0.3, -0.25) is 4.57 Å². The van der Waals surface area contributed by atoms with Crippen LogP contribution in [0.1, 0.15) is 28.4 Å². The zero-order valence-electron chi connectivity index (χ0n) is 20.2. The first-order valence-electron chi connectivity index (χ1n) is 11.4. The molecule has 0 aliphatic rings. The Morgan fingerprint density at radius 2 is 1.50 bits per heavy atom. The van der Waals surface area contributed by atoms with Gasteiger partial charge in [-0.05, 0) is 67.9 Å². The average Bonchev–Trinajstić information content (AvgIpc) is 2.89. The number of hydrogen-bond acceptors (Lipinski definition) is 7. The van der Waals surface area contributed by atoms with Gasteiger partial charge in [0.1, 0.15) is 11.5 Å². The number of ether oxygens (including phenoxy) is 2. The maximum atomic E-state index is 13.0. The molecule has 0 aliphatic heterocycles. The minimum atomic E-state index is -0.611. The van der Waals surface area contributed by atoms with Crippen LogP contribution in [0.2, 0.25) is 0 Å². The normalized spacial score (nSPS) is 10.6. The fraction of sp³-hybridized carbons (Fsp3) is 0.185. The molecule has 0 saturated heterocycles. The van der Waals surface area contributed by atoms with Crippen molar-refractivity contribution in [3.8, 4) is 11.5 Å². The molecule has 36 heavy (non-hydrogen) atoms. The van der Waals surface area contributed by atoms with Gasteiger partial charge in [-0.1, -0.05) is 29.8 Å². The van der Waals surface area contributed by atoms with Crippen molar-refractivity contribution < 1.29 is 14.3 Å². The molecule has 4 rings (SSSR count). The first-order valence-corrected chi connectivity index (χ1v) is 11.4. The number of carbonyl (C=O) groups excluding carboxylic acids is 1. The second-order valence-corrected chi connectivity index (χ2v) is 8.08. The Labute approximate surface area is 207 Å². The van der Waals surface area contributed by atoms with E-state index in [-0.39, 0.29) is 19.0 Å². The van der Waals surface area contributed by atoms with E-state index in [1.54, 1.807) is 55.5 Å². The lowest BCUT2D eigenvalue weighted by Crippen LogP contribution is -2.42. The van der Waals surface area contributed by atoms with Gasteiger partial charge < -0.3 is 14.8 Å². The Kier molecular flexibility index (Phi) is 7.29. The van der Waals surface area contributed by atoms with Gasteiger partial charge in [0.25, 0.3) is 0 Å². The molecule has 9 nitrogen and oxygen atoms in total. The number of aromatic nitrogens is 3. The minimum absolute atomic E-state index is 0.155. The van der Waals surface area contributed by atoms with Crippen molar-refractivity contribution in [2.24, 2.45) is 0 Å². The van der Waals surface area contributed by atoms with Crippen LogP contribution < -0.4 is 21.4 Å². The molecule has 1 heterocycles. The van der Waals surface area contributed by atoms with Crippen molar-refractivity contribution in [1.29, 1.82) is 0 Å². The topological polar surface area (TPSA) is 104 Å². The van der Waals surface area contributed by atoms with Gasteiger partial charge in [0.2, 0.25) is 5.95 Å². The molecular weight excluding hydrogens is 460 g/mol. The molecule has 0 bridgehead atoms. The minimum Gasteiger partial charge on any atom is -0.465 e. The van der Waals surface area contributed by atoms with E-state index in [4.69, 9.17) is 9.47 Å². The number of carbonyl (C=O) groups is 1. The van der Waals surface area contributed by atoms with Crippen LogP contribution in [0, 0.1) is 6.92 Å². The Balaban J connectivity index is 1.56. The molecule has 1 N–H and O–H groups in total. The van der Waals surface area contributed by atoms with Gasteiger partial charge >= 0.3 is 17.3 Å². The van der Waals surface area contributed by atoms with E-state index in [1.165, 1.54) is 11.7 Å². The first kappa shape index (κ1) is 24.5. The highest BCUT2D eigenvalue weighted by Crippen LogP contribution is 2.24. The van der Waals surface area contributed by atoms with Gasteiger partial charge in [0.05, 0.1) is 19.2 Å². The summed E-state index contributed by atoms with van der Waals surface area (Å²) >= 11 is 0. The smallest absolute Gasteiger partial charge is 0.354 e. The fourth-order valence-electron chi connectivity index (χ4n) is 3.56. The van der Waals surface area contributed by atoms with Crippen molar-refractivity contribution in [3.05, 3.63) is 110 Å². The molecule has 1 aromatic heterocycles. The quantitative estimate of drug-likeness (QED) is 0.374. The maximum Gasteiger partial charge on any atom is 0.354 e. The number of esters is 1. The van der Waals surface area contributed by atoms with Crippen LogP contribution in [-0.4, -0.2) is 27.2 Å². The summed E-state index contributed by atoms with van der Waals surface area (Å²) in [5.74, 6) is 0.860. The highest BCUT2D eigenvalue weighted by Gasteiger charge is 2.13. The Hall–Kier alpha value is -4.66. The van der Waals surface area contributed by atoms with Crippen molar-refractivity contribution in [2.75, 3.05) is 12.4 Å². The Bertz CT molecular complexity index is 1470. The van der Waals surface area contributed by atoms with Crippen molar-refractivity contribution in [2.45, 2.75) is 26.9 Å². The zero-order chi connectivity index (χ0) is 25.7. The lowest BCUT2D eigenvalue weighted by Gasteiger charge is -2.15. The molecule has 0 spiro atoms. The summed E-state index contributed by atoms with van der Waals surface area (Å²) in [7, 11) is 1.33. The predicted octanol–water partition coefficient (Wildman–Crippen LogP) is 4.10. The van der Waals surface area contributed by atoms with E-state index in [2.05, 4.69) is 10.3 Å². The number of anilines is 2. The number of methoxy groups -OCH3 is 1. The maximum absolute atomic E-state index is 13.0. The van der Waals surface area contributed by atoms with Gasteiger partial charge in [0.15, 0.2) is 0 Å².